The zero-order chi connectivity index (χ0) is 22.5. The fourth-order valence-corrected chi connectivity index (χ4v) is 3.89. The Hall–Kier alpha value is -2.83. The van der Waals surface area contributed by atoms with Gasteiger partial charge < -0.3 is 19.9 Å². The quantitative estimate of drug-likeness (QED) is 0.545. The van der Waals surface area contributed by atoms with Gasteiger partial charge in [-0.1, -0.05) is 23.7 Å². The highest BCUT2D eigenvalue weighted by molar-refractivity contribution is 6.31. The first kappa shape index (κ1) is 22.4. The van der Waals surface area contributed by atoms with Gasteiger partial charge in [0.05, 0.1) is 23.0 Å². The molecule has 3 aromatic rings. The highest BCUT2D eigenvalue weighted by Crippen LogP contribution is 2.24. The molecule has 0 aliphatic carbocycles. The van der Waals surface area contributed by atoms with Gasteiger partial charge >= 0.3 is 0 Å². The van der Waals surface area contributed by atoms with Crippen molar-refractivity contribution in [2.45, 2.75) is 26.4 Å². The number of hydrogen-bond acceptors (Lipinski definition) is 6. The normalized spacial score (nSPS) is 14.6. The summed E-state index contributed by atoms with van der Waals surface area (Å²) in [6.07, 6.45) is 2.39. The number of likely N-dealkylation sites (N-methyl/N-ethyl adjacent to an activating group) is 1. The van der Waals surface area contributed by atoms with Crippen LogP contribution in [0.5, 0.6) is 5.75 Å². The van der Waals surface area contributed by atoms with Crippen molar-refractivity contribution in [3.05, 3.63) is 71.0 Å². The lowest BCUT2D eigenvalue weighted by atomic mass is 10.1. The Morgan fingerprint density at radius 3 is 2.53 bits per heavy atom. The average Bonchev–Trinajstić information content (AvgIpc) is 2.77. The zero-order valence-corrected chi connectivity index (χ0v) is 19.6. The van der Waals surface area contributed by atoms with Crippen molar-refractivity contribution in [2.24, 2.45) is 0 Å². The van der Waals surface area contributed by atoms with Gasteiger partial charge in [0.2, 0.25) is 5.95 Å². The Labute approximate surface area is 195 Å². The number of benzene rings is 2. The minimum Gasteiger partial charge on any atom is -0.491 e. The van der Waals surface area contributed by atoms with Crippen molar-refractivity contribution in [3.63, 3.8) is 0 Å². The van der Waals surface area contributed by atoms with E-state index < -0.39 is 0 Å². The molecule has 1 aromatic heterocycles. The van der Waals surface area contributed by atoms with Gasteiger partial charge in [-0.25, -0.2) is 9.97 Å². The molecule has 0 amide bonds. The number of ether oxygens (including phenoxy) is 1. The molecule has 1 N–H and O–H groups in total. The van der Waals surface area contributed by atoms with E-state index in [2.05, 4.69) is 62.5 Å². The van der Waals surface area contributed by atoms with E-state index in [1.54, 1.807) is 6.20 Å². The molecule has 7 heteroatoms. The molecule has 1 aliphatic rings. The van der Waals surface area contributed by atoms with Gasteiger partial charge in [-0.3, -0.25) is 0 Å². The van der Waals surface area contributed by atoms with Crippen LogP contribution >= 0.6 is 11.6 Å². The van der Waals surface area contributed by atoms with E-state index in [9.17, 15) is 0 Å². The molecule has 4 rings (SSSR count). The largest absolute Gasteiger partial charge is 0.491 e. The summed E-state index contributed by atoms with van der Waals surface area (Å²) in [6, 6.07) is 16.5. The molecular formula is C25H30ClN5O. The predicted octanol–water partition coefficient (Wildman–Crippen LogP) is 5.00. The average molecular weight is 452 g/mol. The van der Waals surface area contributed by atoms with E-state index >= 15 is 0 Å². The second-order valence-corrected chi connectivity index (χ2v) is 8.85. The molecule has 1 saturated heterocycles. The number of halogens is 1. The molecule has 0 radical (unpaired) electrons. The third kappa shape index (κ3) is 5.90. The molecule has 0 saturated carbocycles. The van der Waals surface area contributed by atoms with Gasteiger partial charge in [-0.2, -0.15) is 0 Å². The maximum Gasteiger partial charge on any atom is 0.227 e. The smallest absolute Gasteiger partial charge is 0.227 e. The molecule has 0 unspecified atom stereocenters. The number of hydrogen-bond donors (Lipinski definition) is 1. The van der Waals surface area contributed by atoms with E-state index in [1.165, 1.54) is 5.69 Å². The third-order valence-electron chi connectivity index (χ3n) is 5.45. The monoisotopic (exact) mass is 451 g/mol. The summed E-state index contributed by atoms with van der Waals surface area (Å²) in [5.41, 5.74) is 4.06. The molecule has 0 bridgehead atoms. The highest BCUT2D eigenvalue weighted by atomic mass is 35.5. The fourth-order valence-electron chi connectivity index (χ4n) is 3.73. The summed E-state index contributed by atoms with van der Waals surface area (Å²) >= 11 is 6.40. The molecule has 2 heterocycles. The van der Waals surface area contributed by atoms with Gasteiger partial charge in [-0.05, 0) is 62.9 Å². The first-order valence-corrected chi connectivity index (χ1v) is 11.4. The molecule has 0 spiro atoms. The van der Waals surface area contributed by atoms with Crippen LogP contribution in [0.15, 0.2) is 54.7 Å². The number of piperazine rings is 1. The SMILES string of the molecule is CC(C)Oc1cccc(Cc2nc(Nc3ccc(N4CCN(C)CC4)cc3)ncc2Cl)c1. The van der Waals surface area contributed by atoms with Gasteiger partial charge in [0.15, 0.2) is 0 Å². The minimum atomic E-state index is 0.131. The Bertz CT molecular complexity index is 1030. The fraction of sp³-hybridized carbons (Fsp3) is 0.360. The van der Waals surface area contributed by atoms with Crippen LogP contribution in [-0.2, 0) is 6.42 Å². The predicted molar refractivity (Wildman–Crippen MR) is 131 cm³/mol. The maximum atomic E-state index is 6.40. The lowest BCUT2D eigenvalue weighted by Crippen LogP contribution is -2.44. The lowest BCUT2D eigenvalue weighted by molar-refractivity contribution is 0.242. The number of nitrogens with one attached hydrogen (secondary N) is 1. The van der Waals surface area contributed by atoms with Crippen molar-refractivity contribution in [2.75, 3.05) is 43.4 Å². The lowest BCUT2D eigenvalue weighted by Gasteiger charge is -2.34. The van der Waals surface area contributed by atoms with E-state index in [0.717, 1.165) is 48.9 Å². The summed E-state index contributed by atoms with van der Waals surface area (Å²) in [7, 11) is 2.17. The molecule has 2 aromatic carbocycles. The minimum absolute atomic E-state index is 0.131. The van der Waals surface area contributed by atoms with Crippen molar-refractivity contribution < 1.29 is 4.74 Å². The first-order chi connectivity index (χ1) is 15.5. The Morgan fingerprint density at radius 2 is 1.81 bits per heavy atom. The Kier molecular flexibility index (Phi) is 7.12. The Balaban J connectivity index is 1.44. The highest BCUT2D eigenvalue weighted by Gasteiger charge is 2.14. The zero-order valence-electron chi connectivity index (χ0n) is 18.9. The standard InChI is InChI=1S/C25H30ClN5O/c1-18(2)32-22-6-4-5-19(15-22)16-24-23(26)17-27-25(29-24)28-20-7-9-21(10-8-20)31-13-11-30(3)12-14-31/h4-10,15,17-18H,11-14,16H2,1-3H3,(H,27,28,29). The molecule has 6 nitrogen and oxygen atoms in total. The summed E-state index contributed by atoms with van der Waals surface area (Å²) in [5, 5.41) is 3.85. The summed E-state index contributed by atoms with van der Waals surface area (Å²) in [5.74, 6) is 1.38. The number of anilines is 3. The van der Waals surface area contributed by atoms with Crippen LogP contribution in [0.2, 0.25) is 5.02 Å². The van der Waals surface area contributed by atoms with Crippen molar-refractivity contribution in [3.8, 4) is 5.75 Å². The van der Waals surface area contributed by atoms with Crippen LogP contribution in [0.25, 0.3) is 0 Å². The van der Waals surface area contributed by atoms with Crippen LogP contribution in [-0.4, -0.2) is 54.2 Å². The second kappa shape index (κ2) is 10.2. The van der Waals surface area contributed by atoms with Crippen molar-refractivity contribution in [1.29, 1.82) is 0 Å². The first-order valence-electron chi connectivity index (χ1n) is 11.0. The number of nitrogens with zero attached hydrogens (tertiary/aromatic N) is 4. The topological polar surface area (TPSA) is 53.5 Å². The van der Waals surface area contributed by atoms with Crippen LogP contribution in [0.4, 0.5) is 17.3 Å². The number of rotatable bonds is 7. The molecular weight excluding hydrogens is 422 g/mol. The van der Waals surface area contributed by atoms with E-state index in [1.807, 2.05) is 32.0 Å². The van der Waals surface area contributed by atoms with Gasteiger partial charge in [0, 0.05) is 44.0 Å². The summed E-state index contributed by atoms with van der Waals surface area (Å²) < 4.78 is 5.80. The molecule has 1 aliphatic heterocycles. The second-order valence-electron chi connectivity index (χ2n) is 8.44. The van der Waals surface area contributed by atoms with Gasteiger partial charge in [0.1, 0.15) is 5.75 Å². The van der Waals surface area contributed by atoms with Crippen LogP contribution in [0.1, 0.15) is 25.1 Å². The van der Waals surface area contributed by atoms with E-state index in [0.29, 0.717) is 17.4 Å². The summed E-state index contributed by atoms with van der Waals surface area (Å²) in [4.78, 5) is 13.8. The molecule has 168 valence electrons. The van der Waals surface area contributed by atoms with Crippen LogP contribution in [0, 0.1) is 0 Å². The van der Waals surface area contributed by atoms with Gasteiger partial charge in [0.25, 0.3) is 0 Å². The van der Waals surface area contributed by atoms with Crippen LogP contribution < -0.4 is 15.0 Å². The van der Waals surface area contributed by atoms with E-state index in [4.69, 9.17) is 16.3 Å². The molecule has 1 fully saturated rings. The Morgan fingerprint density at radius 1 is 1.06 bits per heavy atom. The molecule has 32 heavy (non-hydrogen) atoms. The third-order valence-corrected chi connectivity index (χ3v) is 5.77. The maximum absolute atomic E-state index is 6.40. The van der Waals surface area contributed by atoms with Crippen molar-refractivity contribution >= 4 is 28.9 Å². The van der Waals surface area contributed by atoms with Crippen LogP contribution in [0.3, 0.4) is 0 Å². The number of aromatic nitrogens is 2. The summed E-state index contributed by atoms with van der Waals surface area (Å²) in [6.45, 7) is 8.32. The molecule has 0 atom stereocenters. The van der Waals surface area contributed by atoms with Crippen molar-refractivity contribution in [1.82, 2.24) is 14.9 Å². The van der Waals surface area contributed by atoms with Gasteiger partial charge in [-0.15, -0.1) is 0 Å². The van der Waals surface area contributed by atoms with E-state index in [-0.39, 0.29) is 6.10 Å².